The summed E-state index contributed by atoms with van der Waals surface area (Å²) in [6.07, 6.45) is 7.79. The van der Waals surface area contributed by atoms with Crippen LogP contribution in [0.2, 0.25) is 5.02 Å². The Morgan fingerprint density at radius 3 is 2.48 bits per heavy atom. The van der Waals surface area contributed by atoms with Gasteiger partial charge in [0.15, 0.2) is 0 Å². The van der Waals surface area contributed by atoms with E-state index in [1.54, 1.807) is 31.3 Å². The Labute approximate surface area is 323 Å². The molecule has 10 nitrogen and oxygen atoms in total. The predicted molar refractivity (Wildman–Crippen MR) is 208 cm³/mol. The van der Waals surface area contributed by atoms with E-state index < -0.39 is 12.0 Å². The topological polar surface area (TPSA) is 126 Å². The van der Waals surface area contributed by atoms with Gasteiger partial charge >= 0.3 is 5.97 Å². The molecular formula is C43H49ClN4O6. The van der Waals surface area contributed by atoms with E-state index in [2.05, 4.69) is 53.3 Å². The van der Waals surface area contributed by atoms with E-state index in [0.29, 0.717) is 45.2 Å². The van der Waals surface area contributed by atoms with Crippen LogP contribution in [0.15, 0.2) is 67.0 Å². The van der Waals surface area contributed by atoms with Gasteiger partial charge in [-0.3, -0.25) is 9.78 Å². The summed E-state index contributed by atoms with van der Waals surface area (Å²) in [6.45, 7) is 12.3. The Bertz CT molecular complexity index is 1960. The number of carboxylic acid groups (broad SMARTS) is 1. The molecule has 2 N–H and O–H groups in total. The van der Waals surface area contributed by atoms with Crippen LogP contribution >= 0.6 is 11.6 Å². The van der Waals surface area contributed by atoms with Gasteiger partial charge in [0.05, 0.1) is 23.8 Å². The number of nitrogens with one attached hydrogen (secondary N) is 1. The first-order valence-corrected chi connectivity index (χ1v) is 19.0. The van der Waals surface area contributed by atoms with Gasteiger partial charge in [-0.15, -0.1) is 0 Å². The minimum absolute atomic E-state index is 0.142. The average molecular weight is 753 g/mol. The highest BCUT2D eigenvalue weighted by Gasteiger charge is 2.37. The largest absolute Gasteiger partial charge is 0.493 e. The maximum atomic E-state index is 11.4. The van der Waals surface area contributed by atoms with Crippen molar-refractivity contribution < 1.29 is 28.8 Å². The summed E-state index contributed by atoms with van der Waals surface area (Å²) in [6, 6.07) is 18.9. The van der Waals surface area contributed by atoms with Crippen molar-refractivity contribution in [3.63, 3.8) is 0 Å². The van der Waals surface area contributed by atoms with Crippen molar-refractivity contribution in [3.05, 3.63) is 105 Å². The molecule has 11 heteroatoms. The van der Waals surface area contributed by atoms with Crippen LogP contribution in [0.4, 0.5) is 0 Å². The second kappa shape index (κ2) is 18.1. The van der Waals surface area contributed by atoms with Gasteiger partial charge in [0.2, 0.25) is 0 Å². The molecule has 0 radical (unpaired) electrons. The van der Waals surface area contributed by atoms with Crippen molar-refractivity contribution in [2.24, 2.45) is 5.41 Å². The zero-order chi connectivity index (χ0) is 38.1. The lowest BCUT2D eigenvalue weighted by Gasteiger charge is -2.38. The first kappa shape index (κ1) is 39.0. The third-order valence-corrected chi connectivity index (χ3v) is 11.1. The summed E-state index contributed by atoms with van der Waals surface area (Å²) in [5, 5.41) is 22.0. The van der Waals surface area contributed by atoms with Crippen LogP contribution in [-0.4, -0.2) is 66.5 Å². The van der Waals surface area contributed by atoms with Gasteiger partial charge in [0.25, 0.3) is 0 Å². The van der Waals surface area contributed by atoms with E-state index in [1.165, 1.54) is 25.5 Å². The van der Waals surface area contributed by atoms with Gasteiger partial charge in [-0.1, -0.05) is 41.9 Å². The highest BCUT2D eigenvalue weighted by molar-refractivity contribution is 6.32. The molecule has 6 rings (SSSR count). The molecule has 0 aliphatic carbocycles. The number of halogens is 1. The van der Waals surface area contributed by atoms with Crippen molar-refractivity contribution in [3.8, 4) is 34.4 Å². The fourth-order valence-electron chi connectivity index (χ4n) is 7.21. The smallest absolute Gasteiger partial charge is 0.320 e. The van der Waals surface area contributed by atoms with E-state index in [4.69, 9.17) is 30.5 Å². The third kappa shape index (κ3) is 9.71. The molecule has 0 saturated carbocycles. The molecule has 4 aromatic rings. The summed E-state index contributed by atoms with van der Waals surface area (Å²) in [7, 11) is 0. The average Bonchev–Trinajstić information content (AvgIpc) is 3.64. The lowest BCUT2D eigenvalue weighted by molar-refractivity contribution is -0.139. The van der Waals surface area contributed by atoms with Gasteiger partial charge in [0, 0.05) is 49.3 Å². The molecule has 0 bridgehead atoms. The lowest BCUT2D eigenvalue weighted by Crippen LogP contribution is -2.41. The molecule has 2 aliphatic rings. The lowest BCUT2D eigenvalue weighted by atomic mass is 9.78. The molecule has 1 aromatic heterocycles. The molecule has 1 atom stereocenters. The summed E-state index contributed by atoms with van der Waals surface area (Å²) in [5.41, 5.74) is 7.65. The van der Waals surface area contributed by atoms with E-state index in [9.17, 15) is 15.2 Å². The number of piperidine rings is 1. The summed E-state index contributed by atoms with van der Waals surface area (Å²) in [5.74, 6) is 0.837. The van der Waals surface area contributed by atoms with Crippen molar-refractivity contribution in [1.82, 2.24) is 15.2 Å². The van der Waals surface area contributed by atoms with Crippen LogP contribution in [0.1, 0.15) is 66.0 Å². The van der Waals surface area contributed by atoms with Crippen molar-refractivity contribution >= 4 is 17.6 Å². The van der Waals surface area contributed by atoms with Crippen molar-refractivity contribution in [2.45, 2.75) is 72.3 Å². The number of carboxylic acids is 1. The van der Waals surface area contributed by atoms with Crippen molar-refractivity contribution in [1.29, 1.82) is 5.26 Å². The maximum Gasteiger partial charge on any atom is 0.320 e. The molecule has 1 spiro atoms. The van der Waals surface area contributed by atoms with Crippen LogP contribution in [-0.2, 0) is 29.3 Å². The van der Waals surface area contributed by atoms with Crippen LogP contribution in [0.3, 0.4) is 0 Å². The number of nitrogens with zero attached hydrogens (tertiary/aromatic N) is 3. The minimum atomic E-state index is -0.966. The van der Waals surface area contributed by atoms with E-state index in [-0.39, 0.29) is 19.8 Å². The standard InChI is InChI=1S/C43H49ClN4O6/c1-29-34(27-54-41-21-40(53-26-33-19-32(22-45)23-46-24-33)35(20-38(41)44)25-47-31(3)42(49)50)7-4-8-36(29)37-9-5-10-39(30(37)2)52-17-6-14-48-15-11-43(12-16-48)13-18-51-28-43/h4-5,7-10,19-21,23-24,31,47H,6,11-18,25-28H2,1-3H3,(H,49,50)/t31-/m1/s1. The SMILES string of the molecule is Cc1c(COc2cc(OCc3cncc(C#N)c3)c(CN[C@H](C)C(=O)O)cc2Cl)cccc1-c1cccc(OCCCN2CCC3(CCOC3)CC2)c1C. The number of benzene rings is 3. The number of rotatable bonds is 16. The highest BCUT2D eigenvalue weighted by Crippen LogP contribution is 2.39. The summed E-state index contributed by atoms with van der Waals surface area (Å²) < 4.78 is 24.5. The zero-order valence-corrected chi connectivity index (χ0v) is 32.1. The fourth-order valence-corrected chi connectivity index (χ4v) is 7.45. The van der Waals surface area contributed by atoms with Crippen LogP contribution in [0, 0.1) is 30.6 Å². The Balaban J connectivity index is 1.11. The Morgan fingerprint density at radius 2 is 1.74 bits per heavy atom. The monoisotopic (exact) mass is 752 g/mol. The van der Waals surface area contributed by atoms with Gasteiger partial charge in [-0.2, -0.15) is 5.26 Å². The van der Waals surface area contributed by atoms with E-state index in [1.807, 2.05) is 18.2 Å². The van der Waals surface area contributed by atoms with Crippen molar-refractivity contribution in [2.75, 3.05) is 39.5 Å². The minimum Gasteiger partial charge on any atom is -0.493 e. The zero-order valence-electron chi connectivity index (χ0n) is 31.3. The second-order valence-electron chi connectivity index (χ2n) is 14.5. The number of aliphatic carboxylic acids is 1. The van der Waals surface area contributed by atoms with Gasteiger partial charge < -0.3 is 34.3 Å². The molecule has 2 saturated heterocycles. The van der Waals surface area contributed by atoms with Gasteiger partial charge in [-0.05, 0) is 111 Å². The molecule has 3 heterocycles. The first-order chi connectivity index (χ1) is 26.1. The van der Waals surface area contributed by atoms with Gasteiger partial charge in [-0.25, -0.2) is 0 Å². The number of nitriles is 1. The first-order valence-electron chi connectivity index (χ1n) is 18.6. The molecule has 0 amide bonds. The summed E-state index contributed by atoms with van der Waals surface area (Å²) in [4.78, 5) is 18.1. The Kier molecular flexibility index (Phi) is 13.1. The molecular weight excluding hydrogens is 704 g/mol. The quantitative estimate of drug-likeness (QED) is 0.109. The van der Waals surface area contributed by atoms with E-state index in [0.717, 1.165) is 72.8 Å². The Hall–Kier alpha value is -4.66. The summed E-state index contributed by atoms with van der Waals surface area (Å²) >= 11 is 6.74. The molecule has 0 unspecified atom stereocenters. The molecule has 54 heavy (non-hydrogen) atoms. The number of hydrogen-bond acceptors (Lipinski definition) is 9. The number of ether oxygens (including phenoxy) is 4. The predicted octanol–water partition coefficient (Wildman–Crippen LogP) is 7.88. The van der Waals surface area contributed by atoms with Crippen LogP contribution in [0.5, 0.6) is 17.2 Å². The molecule has 3 aromatic carbocycles. The second-order valence-corrected chi connectivity index (χ2v) is 14.9. The number of likely N-dealkylation sites (tertiary alicyclic amines) is 1. The normalized spacial score (nSPS) is 15.8. The van der Waals surface area contributed by atoms with Crippen LogP contribution < -0.4 is 19.5 Å². The molecule has 2 aliphatic heterocycles. The number of carbonyl (C=O) groups is 1. The maximum absolute atomic E-state index is 11.4. The fraction of sp³-hybridized carbons (Fsp3) is 0.419. The molecule has 284 valence electrons. The Morgan fingerprint density at radius 1 is 0.981 bits per heavy atom. The van der Waals surface area contributed by atoms with E-state index >= 15 is 0 Å². The highest BCUT2D eigenvalue weighted by atomic mass is 35.5. The van der Waals surface area contributed by atoms with Crippen LogP contribution in [0.25, 0.3) is 11.1 Å². The number of hydrogen-bond donors (Lipinski definition) is 2. The molecule has 2 fully saturated rings. The number of pyridine rings is 1. The third-order valence-electron chi connectivity index (χ3n) is 10.8. The van der Waals surface area contributed by atoms with Gasteiger partial charge in [0.1, 0.15) is 42.6 Å². The number of aromatic nitrogens is 1.